The van der Waals surface area contributed by atoms with Crippen LogP contribution in [0.15, 0.2) is 36.4 Å². The molecular formula is C17H18N4O3. The fourth-order valence-electron chi connectivity index (χ4n) is 2.71. The Morgan fingerprint density at radius 3 is 2.71 bits per heavy atom. The molecule has 7 nitrogen and oxygen atoms in total. The van der Waals surface area contributed by atoms with E-state index in [9.17, 15) is 14.9 Å². The van der Waals surface area contributed by atoms with E-state index < -0.39 is 4.92 Å². The van der Waals surface area contributed by atoms with Gasteiger partial charge in [0.15, 0.2) is 0 Å². The van der Waals surface area contributed by atoms with Gasteiger partial charge in [0.05, 0.1) is 16.0 Å². The summed E-state index contributed by atoms with van der Waals surface area (Å²) in [6.45, 7) is 1.16. The van der Waals surface area contributed by atoms with Crippen molar-refractivity contribution < 1.29 is 9.72 Å². The molecule has 0 unspecified atom stereocenters. The third-order valence-corrected chi connectivity index (χ3v) is 3.90. The first-order valence-corrected chi connectivity index (χ1v) is 7.59. The molecule has 24 heavy (non-hydrogen) atoms. The molecule has 2 N–H and O–H groups in total. The van der Waals surface area contributed by atoms with E-state index in [0.29, 0.717) is 24.0 Å². The second-order valence-corrected chi connectivity index (χ2v) is 5.90. The summed E-state index contributed by atoms with van der Waals surface area (Å²) >= 11 is 0. The highest BCUT2D eigenvalue weighted by molar-refractivity contribution is 6.15. The highest BCUT2D eigenvalue weighted by atomic mass is 16.6. The summed E-state index contributed by atoms with van der Waals surface area (Å²) in [6.07, 6.45) is 0. The van der Waals surface area contributed by atoms with E-state index in [1.165, 1.54) is 12.1 Å². The van der Waals surface area contributed by atoms with Crippen molar-refractivity contribution in [2.75, 3.05) is 27.2 Å². The van der Waals surface area contributed by atoms with Crippen LogP contribution in [0.1, 0.15) is 10.4 Å². The van der Waals surface area contributed by atoms with Crippen LogP contribution >= 0.6 is 0 Å². The molecule has 0 bridgehead atoms. The zero-order chi connectivity index (χ0) is 17.3. The Bertz CT molecular complexity index is 930. The van der Waals surface area contributed by atoms with Gasteiger partial charge in [-0.25, -0.2) is 0 Å². The van der Waals surface area contributed by atoms with Crippen molar-refractivity contribution in [3.05, 3.63) is 52.1 Å². The molecule has 3 rings (SSSR count). The minimum atomic E-state index is -0.474. The van der Waals surface area contributed by atoms with Crippen molar-refractivity contribution in [1.29, 1.82) is 0 Å². The van der Waals surface area contributed by atoms with Gasteiger partial charge in [-0.3, -0.25) is 14.9 Å². The van der Waals surface area contributed by atoms with Gasteiger partial charge in [0.25, 0.3) is 11.6 Å². The second kappa shape index (κ2) is 6.29. The molecule has 1 amide bonds. The average Bonchev–Trinajstić information content (AvgIpc) is 2.92. The number of amides is 1. The van der Waals surface area contributed by atoms with E-state index in [4.69, 9.17) is 0 Å². The summed E-state index contributed by atoms with van der Waals surface area (Å²) in [5.41, 5.74) is 1.65. The van der Waals surface area contributed by atoms with Crippen LogP contribution in [0.5, 0.6) is 0 Å². The van der Waals surface area contributed by atoms with E-state index in [2.05, 4.69) is 10.3 Å². The number of benzene rings is 2. The van der Waals surface area contributed by atoms with Crippen LogP contribution in [-0.2, 0) is 0 Å². The van der Waals surface area contributed by atoms with Crippen LogP contribution in [-0.4, -0.2) is 47.9 Å². The van der Waals surface area contributed by atoms with Crippen LogP contribution < -0.4 is 5.32 Å². The number of nitrogens with zero attached hydrogens (tertiary/aromatic N) is 2. The smallest absolute Gasteiger partial charge is 0.271 e. The largest absolute Gasteiger partial charge is 0.354 e. The number of nitrogens with one attached hydrogen (secondary N) is 2. The standard InChI is InChI=1S/C17H18N4O3/c1-20(2)8-7-18-17(22)14-10-11(21(23)24)9-13-12-5-3-4-6-15(12)19-16(13)14/h3-6,9-10,19H,7-8H2,1-2H3,(H,18,22). The molecule has 124 valence electrons. The van der Waals surface area contributed by atoms with Crippen molar-refractivity contribution in [3.63, 3.8) is 0 Å². The molecule has 1 heterocycles. The van der Waals surface area contributed by atoms with Crippen molar-refractivity contribution in [3.8, 4) is 0 Å². The predicted octanol–water partition coefficient (Wildman–Crippen LogP) is 2.52. The van der Waals surface area contributed by atoms with Crippen LogP contribution in [0.4, 0.5) is 5.69 Å². The first kappa shape index (κ1) is 15.9. The number of H-pyrrole nitrogens is 1. The highest BCUT2D eigenvalue weighted by Gasteiger charge is 2.19. The number of rotatable bonds is 5. The lowest BCUT2D eigenvalue weighted by Gasteiger charge is -2.10. The Morgan fingerprint density at radius 1 is 1.25 bits per heavy atom. The molecular weight excluding hydrogens is 308 g/mol. The van der Waals surface area contributed by atoms with E-state index in [-0.39, 0.29) is 17.2 Å². The molecule has 7 heteroatoms. The Balaban J connectivity index is 2.11. The summed E-state index contributed by atoms with van der Waals surface area (Å²) in [5, 5.41) is 15.6. The SMILES string of the molecule is CN(C)CCNC(=O)c1cc([N+](=O)[O-])cc2c1[nH]c1ccccc12. The topological polar surface area (TPSA) is 91.3 Å². The second-order valence-electron chi connectivity index (χ2n) is 5.90. The quantitative estimate of drug-likeness (QED) is 0.557. The number of hydrogen-bond donors (Lipinski definition) is 2. The Kier molecular flexibility index (Phi) is 4.18. The monoisotopic (exact) mass is 326 g/mol. The Morgan fingerprint density at radius 2 is 2.00 bits per heavy atom. The number of carbonyl (C=O) groups is 1. The average molecular weight is 326 g/mol. The van der Waals surface area contributed by atoms with Crippen LogP contribution in [0, 0.1) is 10.1 Å². The van der Waals surface area contributed by atoms with Crippen molar-refractivity contribution in [1.82, 2.24) is 15.2 Å². The number of non-ortho nitro benzene ring substituents is 1. The molecule has 0 fully saturated rings. The zero-order valence-electron chi connectivity index (χ0n) is 13.5. The molecule has 0 atom stereocenters. The molecule has 1 aromatic heterocycles. The lowest BCUT2D eigenvalue weighted by Crippen LogP contribution is -2.31. The molecule has 0 aliphatic heterocycles. The highest BCUT2D eigenvalue weighted by Crippen LogP contribution is 2.31. The van der Waals surface area contributed by atoms with Gasteiger partial charge in [-0.15, -0.1) is 0 Å². The Hall–Kier alpha value is -2.93. The normalized spacial score (nSPS) is 11.3. The molecule has 0 spiro atoms. The van der Waals surface area contributed by atoms with Crippen molar-refractivity contribution in [2.24, 2.45) is 0 Å². The number of fused-ring (bicyclic) bond motifs is 3. The van der Waals surface area contributed by atoms with Gasteiger partial charge in [0, 0.05) is 41.5 Å². The first-order valence-electron chi connectivity index (χ1n) is 7.59. The summed E-state index contributed by atoms with van der Waals surface area (Å²) in [7, 11) is 3.82. The van der Waals surface area contributed by atoms with Crippen molar-refractivity contribution >= 4 is 33.4 Å². The van der Waals surface area contributed by atoms with E-state index >= 15 is 0 Å². The number of aromatic amines is 1. The van der Waals surface area contributed by atoms with Gasteiger partial charge in [-0.05, 0) is 20.2 Å². The summed E-state index contributed by atoms with van der Waals surface area (Å²) in [5.74, 6) is -0.322. The number of nitro benzene ring substituents is 1. The molecule has 2 aromatic carbocycles. The molecule has 3 aromatic rings. The number of para-hydroxylation sites is 1. The lowest BCUT2D eigenvalue weighted by atomic mass is 10.1. The number of likely N-dealkylation sites (N-methyl/N-ethyl adjacent to an activating group) is 1. The van der Waals surface area contributed by atoms with Gasteiger partial charge in [-0.1, -0.05) is 18.2 Å². The zero-order valence-corrected chi connectivity index (χ0v) is 13.5. The van der Waals surface area contributed by atoms with E-state index in [1.807, 2.05) is 43.3 Å². The molecule has 0 radical (unpaired) electrons. The van der Waals surface area contributed by atoms with E-state index in [1.54, 1.807) is 0 Å². The molecule has 0 aliphatic rings. The van der Waals surface area contributed by atoms with Gasteiger partial charge >= 0.3 is 0 Å². The number of nitro groups is 1. The minimum absolute atomic E-state index is 0.0926. The van der Waals surface area contributed by atoms with Crippen LogP contribution in [0.25, 0.3) is 21.8 Å². The van der Waals surface area contributed by atoms with Crippen LogP contribution in [0.3, 0.4) is 0 Å². The van der Waals surface area contributed by atoms with Crippen LogP contribution in [0.2, 0.25) is 0 Å². The number of carbonyl (C=O) groups excluding carboxylic acids is 1. The maximum atomic E-state index is 12.5. The third-order valence-electron chi connectivity index (χ3n) is 3.90. The van der Waals surface area contributed by atoms with Gasteiger partial charge in [-0.2, -0.15) is 0 Å². The summed E-state index contributed by atoms with van der Waals surface area (Å²) < 4.78 is 0. The van der Waals surface area contributed by atoms with Crippen molar-refractivity contribution in [2.45, 2.75) is 0 Å². The number of aromatic nitrogens is 1. The molecule has 0 saturated carbocycles. The maximum absolute atomic E-state index is 12.5. The third kappa shape index (κ3) is 2.93. The maximum Gasteiger partial charge on any atom is 0.271 e. The number of hydrogen-bond acceptors (Lipinski definition) is 4. The molecule has 0 saturated heterocycles. The van der Waals surface area contributed by atoms with E-state index in [0.717, 1.165) is 10.9 Å². The Labute approximate surface area is 138 Å². The molecule has 0 aliphatic carbocycles. The first-order chi connectivity index (χ1) is 11.5. The van der Waals surface area contributed by atoms with Gasteiger partial charge in [0.1, 0.15) is 0 Å². The predicted molar refractivity (Wildman–Crippen MR) is 93.3 cm³/mol. The lowest BCUT2D eigenvalue weighted by molar-refractivity contribution is -0.384. The summed E-state index contributed by atoms with van der Waals surface area (Å²) in [6, 6.07) is 10.3. The van der Waals surface area contributed by atoms with Gasteiger partial charge < -0.3 is 15.2 Å². The van der Waals surface area contributed by atoms with Gasteiger partial charge in [0.2, 0.25) is 0 Å². The summed E-state index contributed by atoms with van der Waals surface area (Å²) in [4.78, 5) is 28.4. The fourth-order valence-corrected chi connectivity index (χ4v) is 2.71. The minimum Gasteiger partial charge on any atom is -0.354 e. The fraction of sp³-hybridized carbons (Fsp3) is 0.235.